The topological polar surface area (TPSA) is 32.3 Å². The molecule has 0 saturated heterocycles. The monoisotopic (exact) mass is 87.1 g/mol. The first-order chi connectivity index (χ1) is 2.91. The third kappa shape index (κ3) is 3.92. The fourth-order valence-electron chi connectivity index (χ4n) is 0.181. The highest BCUT2D eigenvalue weighted by atomic mass is 16.3. The molecule has 0 aliphatic rings. The molecule has 0 rings (SSSR count). The van der Waals surface area contributed by atoms with E-state index in [1.807, 2.05) is 0 Å². The molecule has 0 saturated carbocycles. The molecule has 2 N–H and O–H groups in total. The summed E-state index contributed by atoms with van der Waals surface area (Å²) in [6, 6.07) is 0. The molecular weight excluding hydrogens is 78.0 g/mol. The van der Waals surface area contributed by atoms with E-state index in [2.05, 4.69) is 5.32 Å². The molecule has 0 aromatic rings. The summed E-state index contributed by atoms with van der Waals surface area (Å²) < 4.78 is 0. The van der Waals surface area contributed by atoms with Crippen LogP contribution in [0, 0.1) is 7.05 Å². The van der Waals surface area contributed by atoms with Crippen LogP contribution in [0.2, 0.25) is 0 Å². The van der Waals surface area contributed by atoms with Crippen molar-refractivity contribution in [3.63, 3.8) is 0 Å². The summed E-state index contributed by atoms with van der Waals surface area (Å²) in [4.78, 5) is 0. The lowest BCUT2D eigenvalue weighted by atomic mass is 10.5. The maximum absolute atomic E-state index is 8.10. The molecule has 2 heteroatoms. The number of nitrogens with one attached hydrogen (secondary N) is 1. The summed E-state index contributed by atoms with van der Waals surface area (Å²) in [5.74, 6) is 0. The number of aliphatic hydroxyl groups excluding tert-OH is 1. The average molecular weight is 87.1 g/mol. The van der Waals surface area contributed by atoms with E-state index < -0.39 is 0 Å². The van der Waals surface area contributed by atoms with Crippen LogP contribution in [0.5, 0.6) is 0 Å². The zero-order valence-corrected chi connectivity index (χ0v) is 3.65. The fraction of sp³-hybridized carbons (Fsp3) is 0.750. The Labute approximate surface area is 38.2 Å². The SMILES string of the molecule is [CH]NCCCO. The molecule has 0 amide bonds. The van der Waals surface area contributed by atoms with Crippen molar-refractivity contribution in [3.8, 4) is 0 Å². The van der Waals surface area contributed by atoms with Crippen molar-refractivity contribution in [3.05, 3.63) is 7.05 Å². The van der Waals surface area contributed by atoms with Crippen LogP contribution in [-0.4, -0.2) is 18.3 Å². The summed E-state index contributed by atoms with van der Waals surface area (Å²) in [5.41, 5.74) is 0. The van der Waals surface area contributed by atoms with Gasteiger partial charge in [0.05, 0.1) is 0 Å². The minimum absolute atomic E-state index is 0.212. The Kier molecular flexibility index (Phi) is 4.85. The van der Waals surface area contributed by atoms with Crippen LogP contribution in [0.15, 0.2) is 0 Å². The van der Waals surface area contributed by atoms with Crippen molar-refractivity contribution in [2.75, 3.05) is 13.2 Å². The molecule has 2 nitrogen and oxygen atoms in total. The first-order valence-electron chi connectivity index (χ1n) is 1.96. The van der Waals surface area contributed by atoms with E-state index in [4.69, 9.17) is 12.2 Å². The largest absolute Gasteiger partial charge is 0.396 e. The van der Waals surface area contributed by atoms with Gasteiger partial charge in [-0.2, -0.15) is 0 Å². The average Bonchev–Trinajstić information content (AvgIpc) is 1.61. The van der Waals surface area contributed by atoms with Gasteiger partial charge < -0.3 is 10.4 Å². The Morgan fingerprint density at radius 1 is 1.67 bits per heavy atom. The summed E-state index contributed by atoms with van der Waals surface area (Å²) in [5, 5.41) is 10.5. The van der Waals surface area contributed by atoms with E-state index in [9.17, 15) is 0 Å². The molecule has 0 aliphatic heterocycles. The first kappa shape index (κ1) is 5.92. The van der Waals surface area contributed by atoms with Gasteiger partial charge in [-0.15, -0.1) is 0 Å². The van der Waals surface area contributed by atoms with Crippen LogP contribution in [0.4, 0.5) is 0 Å². The van der Waals surface area contributed by atoms with E-state index in [1.165, 1.54) is 0 Å². The number of aliphatic hydroxyl groups is 1. The molecule has 0 bridgehead atoms. The predicted octanol–water partition coefficient (Wildman–Crippen LogP) is -0.373. The van der Waals surface area contributed by atoms with Crippen LogP contribution in [0.25, 0.3) is 0 Å². The minimum atomic E-state index is 0.212. The number of hydrogen-bond acceptors (Lipinski definition) is 2. The molecule has 2 radical (unpaired) electrons. The molecule has 0 aliphatic carbocycles. The second kappa shape index (κ2) is 4.92. The third-order valence-corrected chi connectivity index (χ3v) is 0.479. The van der Waals surface area contributed by atoms with Crippen LogP contribution in [-0.2, 0) is 0 Å². The Morgan fingerprint density at radius 3 is 2.50 bits per heavy atom. The van der Waals surface area contributed by atoms with Crippen LogP contribution >= 0.6 is 0 Å². The summed E-state index contributed by atoms with van der Waals surface area (Å²) in [7, 11) is 4.85. The van der Waals surface area contributed by atoms with Crippen molar-refractivity contribution >= 4 is 0 Å². The smallest absolute Gasteiger partial charge is 0.0443 e. The molecule has 0 atom stereocenters. The van der Waals surface area contributed by atoms with Gasteiger partial charge in [0, 0.05) is 13.7 Å². The van der Waals surface area contributed by atoms with Gasteiger partial charge in [-0.05, 0) is 13.0 Å². The fourth-order valence-corrected chi connectivity index (χ4v) is 0.181. The van der Waals surface area contributed by atoms with Crippen molar-refractivity contribution < 1.29 is 5.11 Å². The summed E-state index contributed by atoms with van der Waals surface area (Å²) >= 11 is 0. The zero-order chi connectivity index (χ0) is 4.83. The van der Waals surface area contributed by atoms with Crippen LogP contribution < -0.4 is 5.32 Å². The van der Waals surface area contributed by atoms with E-state index >= 15 is 0 Å². The van der Waals surface area contributed by atoms with E-state index in [0.717, 1.165) is 6.42 Å². The molecule has 0 spiro atoms. The van der Waals surface area contributed by atoms with Gasteiger partial charge in [-0.3, -0.25) is 0 Å². The van der Waals surface area contributed by atoms with Crippen LogP contribution in [0.1, 0.15) is 6.42 Å². The highest BCUT2D eigenvalue weighted by Crippen LogP contribution is 1.66. The van der Waals surface area contributed by atoms with Gasteiger partial charge in [0.15, 0.2) is 0 Å². The Morgan fingerprint density at radius 2 is 2.33 bits per heavy atom. The zero-order valence-electron chi connectivity index (χ0n) is 3.65. The molecular formula is C4H9NO. The first-order valence-corrected chi connectivity index (χ1v) is 1.96. The van der Waals surface area contributed by atoms with E-state index in [-0.39, 0.29) is 6.61 Å². The maximum atomic E-state index is 8.10. The summed E-state index contributed by atoms with van der Waals surface area (Å²) in [6.07, 6.45) is 0.733. The molecule has 36 valence electrons. The molecule has 0 aromatic carbocycles. The van der Waals surface area contributed by atoms with Crippen molar-refractivity contribution in [1.29, 1.82) is 0 Å². The van der Waals surface area contributed by atoms with Crippen molar-refractivity contribution in [2.45, 2.75) is 6.42 Å². The maximum Gasteiger partial charge on any atom is 0.0443 e. The van der Waals surface area contributed by atoms with Gasteiger partial charge in [-0.1, -0.05) is 0 Å². The number of rotatable bonds is 3. The van der Waals surface area contributed by atoms with Crippen molar-refractivity contribution in [1.82, 2.24) is 5.32 Å². The van der Waals surface area contributed by atoms with E-state index in [1.54, 1.807) is 0 Å². The summed E-state index contributed by atoms with van der Waals surface area (Å²) in [6.45, 7) is 0.903. The second-order valence-electron chi connectivity index (χ2n) is 1.03. The highest BCUT2D eigenvalue weighted by Gasteiger charge is 1.74. The second-order valence-corrected chi connectivity index (χ2v) is 1.03. The van der Waals surface area contributed by atoms with Gasteiger partial charge in [0.1, 0.15) is 0 Å². The quantitative estimate of drug-likeness (QED) is 0.363. The Hall–Kier alpha value is -0.0800. The third-order valence-electron chi connectivity index (χ3n) is 0.479. The molecule has 0 fully saturated rings. The lowest BCUT2D eigenvalue weighted by Crippen LogP contribution is -2.05. The lowest BCUT2D eigenvalue weighted by molar-refractivity contribution is 0.288. The normalized spacial score (nSPS) is 9.00. The predicted molar refractivity (Wildman–Crippen MR) is 24.0 cm³/mol. The molecule has 0 unspecified atom stereocenters. The minimum Gasteiger partial charge on any atom is -0.396 e. The van der Waals surface area contributed by atoms with Gasteiger partial charge in [0.2, 0.25) is 0 Å². The molecule has 0 aromatic heterocycles. The van der Waals surface area contributed by atoms with Gasteiger partial charge in [-0.25, -0.2) is 0 Å². The van der Waals surface area contributed by atoms with Crippen LogP contribution in [0.3, 0.4) is 0 Å². The number of hydrogen-bond donors (Lipinski definition) is 2. The van der Waals surface area contributed by atoms with E-state index in [0.29, 0.717) is 6.54 Å². The van der Waals surface area contributed by atoms with Crippen molar-refractivity contribution in [2.24, 2.45) is 0 Å². The molecule has 0 heterocycles. The van der Waals surface area contributed by atoms with Gasteiger partial charge in [0.25, 0.3) is 0 Å². The Balaban J connectivity index is 2.34. The van der Waals surface area contributed by atoms with Gasteiger partial charge >= 0.3 is 0 Å². The molecule has 6 heavy (non-hydrogen) atoms. The standard InChI is InChI=1S/C4H9NO/c1-5-3-2-4-6/h1,5-6H,2-4H2. The lowest BCUT2D eigenvalue weighted by Gasteiger charge is -1.88. The Bertz CT molecular complexity index is 19.5. The highest BCUT2D eigenvalue weighted by molar-refractivity contribution is 4.39.